The summed E-state index contributed by atoms with van der Waals surface area (Å²) in [5.74, 6) is 0.681. The highest BCUT2D eigenvalue weighted by Crippen LogP contribution is 2.35. The average molecular weight is 128 g/mol. The molecule has 9 heavy (non-hydrogen) atoms. The van der Waals surface area contributed by atoms with Crippen LogP contribution in [0.15, 0.2) is 0 Å². The third-order valence-electron chi connectivity index (χ3n) is 2.48. The Labute approximate surface area is 54.8 Å². The second-order valence-corrected chi connectivity index (χ2v) is 3.03. The van der Waals surface area contributed by atoms with E-state index in [4.69, 9.17) is 4.74 Å². The molecule has 0 unspecified atom stereocenters. The zero-order valence-electron chi connectivity index (χ0n) is 5.42. The van der Waals surface area contributed by atoms with Crippen LogP contribution in [0.25, 0.3) is 0 Å². The molecule has 52 valence electrons. The fourth-order valence-electron chi connectivity index (χ4n) is 1.94. The zero-order valence-corrected chi connectivity index (χ0v) is 5.42. The van der Waals surface area contributed by atoms with Crippen molar-refractivity contribution < 1.29 is 9.84 Å². The highest BCUT2D eigenvalue weighted by atomic mass is 16.5. The van der Waals surface area contributed by atoms with Gasteiger partial charge in [0.2, 0.25) is 0 Å². The van der Waals surface area contributed by atoms with Crippen molar-refractivity contribution in [1.82, 2.24) is 0 Å². The van der Waals surface area contributed by atoms with Crippen LogP contribution in [0.2, 0.25) is 0 Å². The van der Waals surface area contributed by atoms with Gasteiger partial charge in [-0.05, 0) is 25.2 Å². The smallest absolute Gasteiger partial charge is 0.0862 e. The van der Waals surface area contributed by atoms with Crippen molar-refractivity contribution >= 4 is 0 Å². The Morgan fingerprint density at radius 2 is 2.11 bits per heavy atom. The van der Waals surface area contributed by atoms with Gasteiger partial charge in [0.15, 0.2) is 0 Å². The van der Waals surface area contributed by atoms with Gasteiger partial charge in [-0.3, -0.25) is 0 Å². The maximum atomic E-state index is 9.27. The lowest BCUT2D eigenvalue weighted by Gasteiger charge is -2.10. The van der Waals surface area contributed by atoms with Gasteiger partial charge in [0, 0.05) is 6.61 Å². The molecule has 1 saturated carbocycles. The molecule has 1 saturated heterocycles. The van der Waals surface area contributed by atoms with E-state index in [0.717, 1.165) is 13.0 Å². The zero-order chi connectivity index (χ0) is 6.27. The molecule has 3 atom stereocenters. The minimum Gasteiger partial charge on any atom is -0.390 e. The summed E-state index contributed by atoms with van der Waals surface area (Å²) >= 11 is 0. The second kappa shape index (κ2) is 1.96. The summed E-state index contributed by atoms with van der Waals surface area (Å²) in [5.41, 5.74) is 0. The third kappa shape index (κ3) is 0.775. The van der Waals surface area contributed by atoms with Crippen LogP contribution < -0.4 is 0 Å². The molecule has 1 aliphatic carbocycles. The Morgan fingerprint density at radius 1 is 1.22 bits per heavy atom. The average Bonchev–Trinajstić information content (AvgIpc) is 2.35. The van der Waals surface area contributed by atoms with E-state index in [2.05, 4.69) is 0 Å². The molecule has 1 aliphatic heterocycles. The Morgan fingerprint density at radius 3 is 2.89 bits per heavy atom. The Hall–Kier alpha value is -0.0800. The fraction of sp³-hybridized carbons (Fsp3) is 1.00. The van der Waals surface area contributed by atoms with Crippen molar-refractivity contribution in [2.45, 2.75) is 31.5 Å². The van der Waals surface area contributed by atoms with E-state index in [1.165, 1.54) is 12.8 Å². The maximum Gasteiger partial charge on any atom is 0.0862 e. The first-order chi connectivity index (χ1) is 4.38. The van der Waals surface area contributed by atoms with E-state index in [9.17, 15) is 5.11 Å². The molecular weight excluding hydrogens is 116 g/mol. The van der Waals surface area contributed by atoms with Gasteiger partial charge < -0.3 is 9.84 Å². The van der Waals surface area contributed by atoms with Gasteiger partial charge in [-0.1, -0.05) is 0 Å². The highest BCUT2D eigenvalue weighted by Gasteiger charge is 2.39. The van der Waals surface area contributed by atoms with E-state index in [-0.39, 0.29) is 12.2 Å². The van der Waals surface area contributed by atoms with E-state index in [1.54, 1.807) is 0 Å². The van der Waals surface area contributed by atoms with Gasteiger partial charge in [-0.15, -0.1) is 0 Å². The summed E-state index contributed by atoms with van der Waals surface area (Å²) < 4.78 is 5.34. The molecule has 0 bridgehead atoms. The molecule has 2 aliphatic rings. The van der Waals surface area contributed by atoms with Crippen LogP contribution in [0.5, 0.6) is 0 Å². The predicted octanol–water partition coefficient (Wildman–Crippen LogP) is 0.546. The summed E-state index contributed by atoms with van der Waals surface area (Å²) in [7, 11) is 0. The van der Waals surface area contributed by atoms with Crippen LogP contribution in [0.4, 0.5) is 0 Å². The number of hydrogen-bond donors (Lipinski definition) is 1. The number of aliphatic hydroxyl groups is 1. The molecule has 0 aromatic rings. The van der Waals surface area contributed by atoms with Crippen molar-refractivity contribution in [2.24, 2.45) is 5.92 Å². The number of aliphatic hydroxyl groups excluding tert-OH is 1. The standard InChI is InChI=1S/C7H12O2/c8-6-2-1-5-3-4-9-7(5)6/h5-8H,1-4H2/t5-,6-,7+/m0/s1. The normalized spacial score (nSPS) is 49.7. The molecule has 2 nitrogen and oxygen atoms in total. The lowest BCUT2D eigenvalue weighted by molar-refractivity contribution is 0.00674. The van der Waals surface area contributed by atoms with Crippen LogP contribution in [0, 0.1) is 5.92 Å². The van der Waals surface area contributed by atoms with Gasteiger partial charge in [0.1, 0.15) is 0 Å². The number of fused-ring (bicyclic) bond motifs is 1. The van der Waals surface area contributed by atoms with Crippen molar-refractivity contribution in [1.29, 1.82) is 0 Å². The Balaban J connectivity index is 2.07. The Kier molecular flexibility index (Phi) is 1.24. The van der Waals surface area contributed by atoms with Crippen LogP contribution in [-0.2, 0) is 4.74 Å². The largest absolute Gasteiger partial charge is 0.390 e. The third-order valence-corrected chi connectivity index (χ3v) is 2.48. The molecule has 1 N–H and O–H groups in total. The molecular formula is C7H12O2. The second-order valence-electron chi connectivity index (χ2n) is 3.03. The maximum absolute atomic E-state index is 9.27. The van der Waals surface area contributed by atoms with Gasteiger partial charge >= 0.3 is 0 Å². The van der Waals surface area contributed by atoms with Gasteiger partial charge in [0.25, 0.3) is 0 Å². The molecule has 2 rings (SSSR count). The van der Waals surface area contributed by atoms with Crippen LogP contribution in [0.1, 0.15) is 19.3 Å². The molecule has 0 aromatic carbocycles. The molecule has 0 amide bonds. The summed E-state index contributed by atoms with van der Waals surface area (Å²) in [6, 6.07) is 0. The summed E-state index contributed by atoms with van der Waals surface area (Å²) in [6.07, 6.45) is 3.34. The quantitative estimate of drug-likeness (QED) is 0.516. The van der Waals surface area contributed by atoms with Crippen LogP contribution in [0.3, 0.4) is 0 Å². The van der Waals surface area contributed by atoms with Crippen LogP contribution >= 0.6 is 0 Å². The van der Waals surface area contributed by atoms with Gasteiger partial charge in [0.05, 0.1) is 12.2 Å². The predicted molar refractivity (Wildman–Crippen MR) is 33.1 cm³/mol. The van der Waals surface area contributed by atoms with Crippen molar-refractivity contribution in [3.8, 4) is 0 Å². The first-order valence-corrected chi connectivity index (χ1v) is 3.67. The highest BCUT2D eigenvalue weighted by molar-refractivity contribution is 4.88. The first-order valence-electron chi connectivity index (χ1n) is 3.67. The lowest BCUT2D eigenvalue weighted by atomic mass is 10.1. The monoisotopic (exact) mass is 128 g/mol. The van der Waals surface area contributed by atoms with E-state index < -0.39 is 0 Å². The molecule has 2 heteroatoms. The molecule has 0 spiro atoms. The van der Waals surface area contributed by atoms with E-state index in [0.29, 0.717) is 5.92 Å². The summed E-state index contributed by atoms with van der Waals surface area (Å²) in [6.45, 7) is 0.867. The number of rotatable bonds is 0. The van der Waals surface area contributed by atoms with Crippen molar-refractivity contribution in [3.63, 3.8) is 0 Å². The lowest BCUT2D eigenvalue weighted by Crippen LogP contribution is -2.22. The topological polar surface area (TPSA) is 29.5 Å². The van der Waals surface area contributed by atoms with Crippen molar-refractivity contribution in [2.75, 3.05) is 6.61 Å². The fourth-order valence-corrected chi connectivity index (χ4v) is 1.94. The summed E-state index contributed by atoms with van der Waals surface area (Å²) in [4.78, 5) is 0. The number of hydrogen-bond acceptors (Lipinski definition) is 2. The van der Waals surface area contributed by atoms with Crippen LogP contribution in [-0.4, -0.2) is 23.9 Å². The minimum absolute atomic E-state index is 0.155. The van der Waals surface area contributed by atoms with E-state index >= 15 is 0 Å². The first kappa shape index (κ1) is 5.69. The SMILES string of the molecule is O[C@H]1CC[C@H]2CCO[C@H]21. The van der Waals surface area contributed by atoms with Crippen molar-refractivity contribution in [3.05, 3.63) is 0 Å². The minimum atomic E-state index is -0.155. The molecule has 0 radical (unpaired) electrons. The molecule has 1 heterocycles. The van der Waals surface area contributed by atoms with Gasteiger partial charge in [-0.2, -0.15) is 0 Å². The Bertz CT molecular complexity index is 113. The van der Waals surface area contributed by atoms with E-state index in [1.807, 2.05) is 0 Å². The number of ether oxygens (including phenoxy) is 1. The molecule has 0 aromatic heterocycles. The summed E-state index contributed by atoms with van der Waals surface area (Å²) in [5, 5.41) is 9.27. The molecule has 2 fully saturated rings. The van der Waals surface area contributed by atoms with Gasteiger partial charge in [-0.25, -0.2) is 0 Å².